The lowest BCUT2D eigenvalue weighted by atomic mass is 9.83. The molecule has 0 bridgehead atoms. The van der Waals surface area contributed by atoms with Crippen LogP contribution in [0.1, 0.15) is 29.0 Å². The molecule has 0 spiro atoms. The predicted octanol–water partition coefficient (Wildman–Crippen LogP) is 6.74. The van der Waals surface area contributed by atoms with Crippen LogP contribution >= 0.6 is 11.6 Å². The number of methoxy groups -OCH3 is 1. The van der Waals surface area contributed by atoms with Crippen LogP contribution in [0.2, 0.25) is 16.6 Å². The zero-order valence-electron chi connectivity index (χ0n) is 28.9. The minimum atomic E-state index is -4.40. The summed E-state index contributed by atoms with van der Waals surface area (Å²) in [6.07, 6.45) is -1.84. The molecule has 1 aromatic heterocycles. The molecule has 3 N–H and O–H groups in total. The minimum Gasteiger partial charge on any atom is -0.473 e. The molecule has 2 aromatic carbocycles. The Morgan fingerprint density at radius 1 is 1.11 bits per heavy atom. The predicted molar refractivity (Wildman–Crippen MR) is 193 cm³/mol. The molecule has 0 radical (unpaired) electrons. The molecule has 2 aliphatic heterocycles. The zero-order chi connectivity index (χ0) is 38.0. The Morgan fingerprint density at radius 2 is 1.87 bits per heavy atom. The SMILES string of the molecule is C=C=C(NCC(F)(F)F)OC[C@@H]1CO[C@H](CCc2c(F)cncc2NC(=C=C)[C@@H](NC(=O)OC)[C@@H](c2ccc(Cl)cc2)c2ccc3c(c2)OCO3)C[SiH2]1. The van der Waals surface area contributed by atoms with Gasteiger partial charge >= 0.3 is 12.3 Å². The second-order valence-electron chi connectivity index (χ2n) is 12.3. The minimum absolute atomic E-state index is 0.0757. The van der Waals surface area contributed by atoms with E-state index in [9.17, 15) is 18.0 Å². The fourth-order valence-corrected chi connectivity index (χ4v) is 8.15. The smallest absolute Gasteiger partial charge is 0.407 e. The molecular weight excluding hydrogens is 736 g/mol. The molecule has 16 heteroatoms. The highest BCUT2D eigenvalue weighted by Gasteiger charge is 2.33. The number of anilines is 1. The van der Waals surface area contributed by atoms with E-state index in [0.29, 0.717) is 52.9 Å². The van der Waals surface area contributed by atoms with Gasteiger partial charge in [0.1, 0.15) is 12.4 Å². The van der Waals surface area contributed by atoms with Gasteiger partial charge in [0.2, 0.25) is 12.7 Å². The molecule has 10 nitrogen and oxygen atoms in total. The second kappa shape index (κ2) is 18.2. The van der Waals surface area contributed by atoms with Crippen LogP contribution in [0.3, 0.4) is 0 Å². The number of carbonyl (C=O) groups excluding carboxylic acids is 1. The van der Waals surface area contributed by atoms with Crippen molar-refractivity contribution in [1.82, 2.24) is 15.6 Å². The van der Waals surface area contributed by atoms with Crippen LogP contribution in [0.25, 0.3) is 0 Å². The third kappa shape index (κ3) is 10.8. The zero-order valence-corrected chi connectivity index (χ0v) is 31.0. The normalized spacial score (nSPS) is 17.8. The van der Waals surface area contributed by atoms with Crippen LogP contribution in [0.4, 0.5) is 28.0 Å². The van der Waals surface area contributed by atoms with Crippen LogP contribution in [0.5, 0.6) is 11.5 Å². The molecule has 4 atom stereocenters. The van der Waals surface area contributed by atoms with Gasteiger partial charge in [-0.15, -0.1) is 5.73 Å². The highest BCUT2D eigenvalue weighted by molar-refractivity contribution is 6.38. The fraction of sp³-hybridized carbons (Fsp3) is 0.351. The number of amides is 1. The highest BCUT2D eigenvalue weighted by Crippen LogP contribution is 2.39. The molecular formula is C37H39ClF4N4O6Si. The largest absolute Gasteiger partial charge is 0.473 e. The van der Waals surface area contributed by atoms with Crippen molar-refractivity contribution >= 4 is 32.9 Å². The standard InChI is InChI=1S/C37H39ClF4N4O6Si/c1-4-29(35(46-36(47)48-3)34(22-6-9-24(38)10-7-22)23-8-13-31-32(14-23)52-21-51-31)45-30-16-43-15-28(39)27(30)12-11-25-19-53-26(17-49-25)18-50-33(5-2)44-20-37(40,41)42/h6-10,13-16,25-26,34-35,44-45H,1-2,11-12,17-21,53H2,3H3,(H,46,47)/t25-,26+,34+,35-/m1/s1. The van der Waals surface area contributed by atoms with Crippen molar-refractivity contribution in [3.05, 3.63) is 119 Å². The monoisotopic (exact) mass is 774 g/mol. The van der Waals surface area contributed by atoms with Gasteiger partial charge in [0.05, 0.1) is 56.2 Å². The summed E-state index contributed by atoms with van der Waals surface area (Å²) in [5.74, 6) is -0.137. The number of rotatable bonds is 15. The summed E-state index contributed by atoms with van der Waals surface area (Å²) in [7, 11) is 0.519. The Morgan fingerprint density at radius 3 is 2.55 bits per heavy atom. The molecule has 3 heterocycles. The van der Waals surface area contributed by atoms with E-state index in [1.54, 1.807) is 18.2 Å². The first-order chi connectivity index (χ1) is 25.5. The second-order valence-corrected chi connectivity index (χ2v) is 15.1. The summed E-state index contributed by atoms with van der Waals surface area (Å²) in [5, 5.41) is 8.82. The lowest BCUT2D eigenvalue weighted by molar-refractivity contribution is -0.125. The molecule has 0 unspecified atom stereocenters. The molecule has 1 fully saturated rings. The number of halogens is 5. The molecule has 0 saturated carbocycles. The third-order valence-electron chi connectivity index (χ3n) is 8.81. The Hall–Kier alpha value is -4.91. The van der Waals surface area contributed by atoms with E-state index in [0.717, 1.165) is 23.4 Å². The maximum absolute atomic E-state index is 15.5. The molecule has 2 aliphatic rings. The van der Waals surface area contributed by atoms with Gasteiger partial charge in [-0.3, -0.25) is 4.98 Å². The number of nitrogens with zero attached hydrogens (tertiary/aromatic N) is 1. The van der Waals surface area contributed by atoms with Gasteiger partial charge in [-0.2, -0.15) is 13.2 Å². The lowest BCUT2D eigenvalue weighted by Gasteiger charge is -2.31. The van der Waals surface area contributed by atoms with Gasteiger partial charge < -0.3 is 39.6 Å². The molecule has 1 saturated heterocycles. The van der Waals surface area contributed by atoms with E-state index in [1.807, 2.05) is 24.3 Å². The van der Waals surface area contributed by atoms with E-state index < -0.39 is 46.1 Å². The summed E-state index contributed by atoms with van der Waals surface area (Å²) < 4.78 is 80.9. The number of ether oxygens (including phenoxy) is 5. The summed E-state index contributed by atoms with van der Waals surface area (Å²) in [4.78, 5) is 16.9. The van der Waals surface area contributed by atoms with Gasteiger partial charge in [0.25, 0.3) is 0 Å². The lowest BCUT2D eigenvalue weighted by Crippen LogP contribution is -2.43. The number of alkyl carbamates (subject to hydrolysis) is 1. The van der Waals surface area contributed by atoms with E-state index in [4.69, 9.17) is 35.3 Å². The number of carbonyl (C=O) groups is 1. The van der Waals surface area contributed by atoms with Gasteiger partial charge in [-0.25, -0.2) is 9.18 Å². The molecule has 53 heavy (non-hydrogen) atoms. The number of hydrogen-bond acceptors (Lipinski definition) is 9. The van der Waals surface area contributed by atoms with Crippen molar-refractivity contribution in [1.29, 1.82) is 0 Å². The Bertz CT molecular complexity index is 1850. The molecule has 0 aliphatic carbocycles. The molecule has 3 aromatic rings. The summed E-state index contributed by atoms with van der Waals surface area (Å²) in [6.45, 7) is 6.67. The van der Waals surface area contributed by atoms with Crippen LogP contribution in [-0.4, -0.2) is 72.6 Å². The van der Waals surface area contributed by atoms with Crippen molar-refractivity contribution in [2.75, 3.05) is 39.0 Å². The van der Waals surface area contributed by atoms with Crippen molar-refractivity contribution in [2.45, 2.75) is 48.7 Å². The fourth-order valence-electron chi connectivity index (χ4n) is 6.13. The third-order valence-corrected chi connectivity index (χ3v) is 11.3. The summed E-state index contributed by atoms with van der Waals surface area (Å²) in [5.41, 5.74) is 7.88. The maximum atomic E-state index is 15.5. The average Bonchev–Trinajstić information content (AvgIpc) is 3.62. The van der Waals surface area contributed by atoms with E-state index in [1.165, 1.54) is 13.3 Å². The Labute approximate surface area is 311 Å². The first-order valence-corrected chi connectivity index (χ1v) is 18.9. The molecule has 282 valence electrons. The first kappa shape index (κ1) is 39.3. The van der Waals surface area contributed by atoms with E-state index in [2.05, 4.69) is 45.6 Å². The van der Waals surface area contributed by atoms with Crippen molar-refractivity contribution in [3.8, 4) is 11.5 Å². The number of nitrogens with one attached hydrogen (secondary N) is 3. The number of alkyl halides is 3. The van der Waals surface area contributed by atoms with Gasteiger partial charge in [-0.05, 0) is 54.3 Å². The molecule has 5 rings (SSSR count). The number of benzene rings is 2. The quantitative estimate of drug-likeness (QED) is 0.0669. The topological polar surface area (TPSA) is 112 Å². The van der Waals surface area contributed by atoms with E-state index >= 15 is 4.39 Å². The van der Waals surface area contributed by atoms with Gasteiger partial charge in [0.15, 0.2) is 11.5 Å². The van der Waals surface area contributed by atoms with Gasteiger partial charge in [0, 0.05) is 31.6 Å². The number of fused-ring (bicyclic) bond motifs is 1. The average molecular weight is 775 g/mol. The van der Waals surface area contributed by atoms with Crippen LogP contribution in [0, 0.1) is 5.82 Å². The summed E-state index contributed by atoms with van der Waals surface area (Å²) in [6, 6.07) is 12.5. The molecule has 1 amide bonds. The maximum Gasteiger partial charge on any atom is 0.407 e. The van der Waals surface area contributed by atoms with Crippen molar-refractivity contribution in [3.63, 3.8) is 0 Å². The van der Waals surface area contributed by atoms with E-state index in [-0.39, 0.29) is 30.9 Å². The number of aromatic nitrogens is 1. The van der Waals surface area contributed by atoms with Crippen molar-refractivity contribution < 1.29 is 46.0 Å². The first-order valence-electron chi connectivity index (χ1n) is 16.7. The Balaban J connectivity index is 1.31. The summed E-state index contributed by atoms with van der Waals surface area (Å²) >= 11 is 6.24. The number of hydrogen-bond donors (Lipinski definition) is 3. The van der Waals surface area contributed by atoms with Crippen LogP contribution in [-0.2, 0) is 20.6 Å². The van der Waals surface area contributed by atoms with Crippen LogP contribution < -0.4 is 25.4 Å². The van der Waals surface area contributed by atoms with Gasteiger partial charge in [-0.1, -0.05) is 48.7 Å². The Kier molecular flexibility index (Phi) is 13.5. The van der Waals surface area contributed by atoms with Crippen LogP contribution in [0.15, 0.2) is 91.1 Å². The highest BCUT2D eigenvalue weighted by atomic mass is 35.5. The number of pyridine rings is 1. The van der Waals surface area contributed by atoms with Crippen molar-refractivity contribution in [2.24, 2.45) is 0 Å².